The average Bonchev–Trinajstić information content (AvgIpc) is 2.72. The summed E-state index contributed by atoms with van der Waals surface area (Å²) < 4.78 is 0. The van der Waals surface area contributed by atoms with E-state index in [1.54, 1.807) is 0 Å². The maximum Gasteiger partial charge on any atom is 0.0635 e. The topological polar surface area (TPSA) is 43.7 Å². The fourth-order valence-corrected chi connectivity index (χ4v) is 2.57. The summed E-state index contributed by atoms with van der Waals surface area (Å²) in [6.45, 7) is 2.38. The molecular weight excluding hydrogens is 202 g/mol. The van der Waals surface area contributed by atoms with Gasteiger partial charge in [0.25, 0.3) is 0 Å². The standard InChI is InChI=1S/C13H19NO2/c1-10-4-2-3-5-13(10)14-11(8-15)6-7-12(14)9-16/h2-5,11-12,15-16H,6-9H2,1H3. The molecule has 88 valence electrons. The minimum Gasteiger partial charge on any atom is -0.394 e. The van der Waals surface area contributed by atoms with Gasteiger partial charge in [0, 0.05) is 5.69 Å². The molecule has 3 heteroatoms. The minimum absolute atomic E-state index is 0.151. The number of anilines is 1. The number of aliphatic hydroxyl groups excluding tert-OH is 2. The molecule has 0 aromatic heterocycles. The quantitative estimate of drug-likeness (QED) is 0.809. The van der Waals surface area contributed by atoms with E-state index < -0.39 is 0 Å². The summed E-state index contributed by atoms with van der Waals surface area (Å²) in [4.78, 5) is 2.18. The van der Waals surface area contributed by atoms with Crippen molar-refractivity contribution < 1.29 is 10.2 Å². The molecule has 3 nitrogen and oxygen atoms in total. The molecule has 2 unspecified atom stereocenters. The van der Waals surface area contributed by atoms with Crippen molar-refractivity contribution >= 4 is 5.69 Å². The van der Waals surface area contributed by atoms with Gasteiger partial charge in [-0.2, -0.15) is 0 Å². The van der Waals surface area contributed by atoms with Crippen LogP contribution in [0.3, 0.4) is 0 Å². The molecule has 1 aliphatic rings. The van der Waals surface area contributed by atoms with Crippen LogP contribution in [0.4, 0.5) is 5.69 Å². The molecule has 1 heterocycles. The second-order valence-corrected chi connectivity index (χ2v) is 4.44. The van der Waals surface area contributed by atoms with Crippen LogP contribution in [0.2, 0.25) is 0 Å². The van der Waals surface area contributed by atoms with Crippen molar-refractivity contribution in [3.05, 3.63) is 29.8 Å². The Labute approximate surface area is 96.3 Å². The van der Waals surface area contributed by atoms with Gasteiger partial charge < -0.3 is 15.1 Å². The smallest absolute Gasteiger partial charge is 0.0635 e. The normalized spacial score (nSPS) is 25.1. The van der Waals surface area contributed by atoms with E-state index in [4.69, 9.17) is 0 Å². The highest BCUT2D eigenvalue weighted by Gasteiger charge is 2.33. The molecule has 0 radical (unpaired) electrons. The van der Waals surface area contributed by atoms with Crippen molar-refractivity contribution in [1.29, 1.82) is 0 Å². The van der Waals surface area contributed by atoms with Gasteiger partial charge in [-0.1, -0.05) is 18.2 Å². The SMILES string of the molecule is Cc1ccccc1N1C(CO)CCC1CO. The van der Waals surface area contributed by atoms with Gasteiger partial charge >= 0.3 is 0 Å². The van der Waals surface area contributed by atoms with Crippen molar-refractivity contribution in [3.8, 4) is 0 Å². The number of para-hydroxylation sites is 1. The number of aliphatic hydroxyl groups is 2. The molecule has 16 heavy (non-hydrogen) atoms. The summed E-state index contributed by atoms with van der Waals surface area (Å²) in [6, 6.07) is 8.44. The number of aryl methyl sites for hydroxylation is 1. The zero-order valence-electron chi connectivity index (χ0n) is 9.63. The van der Waals surface area contributed by atoms with Crippen molar-refractivity contribution in [2.24, 2.45) is 0 Å². The molecule has 0 aliphatic carbocycles. The first-order valence-corrected chi connectivity index (χ1v) is 5.83. The average molecular weight is 221 g/mol. The predicted octanol–water partition coefficient (Wildman–Crippen LogP) is 1.32. The second kappa shape index (κ2) is 4.85. The van der Waals surface area contributed by atoms with Crippen LogP contribution in [0.15, 0.2) is 24.3 Å². The van der Waals surface area contributed by atoms with Gasteiger partial charge in [0.05, 0.1) is 25.3 Å². The van der Waals surface area contributed by atoms with Gasteiger partial charge in [0.15, 0.2) is 0 Å². The Bertz CT molecular complexity index is 342. The van der Waals surface area contributed by atoms with E-state index in [1.807, 2.05) is 12.1 Å². The molecule has 1 fully saturated rings. The zero-order chi connectivity index (χ0) is 11.5. The molecule has 0 bridgehead atoms. The fourth-order valence-electron chi connectivity index (χ4n) is 2.57. The van der Waals surface area contributed by atoms with E-state index in [1.165, 1.54) is 5.56 Å². The Morgan fingerprint density at radius 1 is 1.12 bits per heavy atom. The maximum atomic E-state index is 9.38. The molecule has 1 saturated heterocycles. The number of hydrogen-bond donors (Lipinski definition) is 2. The van der Waals surface area contributed by atoms with Gasteiger partial charge in [-0.15, -0.1) is 0 Å². The Balaban J connectivity index is 2.32. The number of hydrogen-bond acceptors (Lipinski definition) is 3. The highest BCUT2D eigenvalue weighted by Crippen LogP contribution is 2.32. The van der Waals surface area contributed by atoms with Crippen molar-refractivity contribution in [1.82, 2.24) is 0 Å². The first-order chi connectivity index (χ1) is 7.77. The van der Waals surface area contributed by atoms with Gasteiger partial charge in [-0.25, -0.2) is 0 Å². The van der Waals surface area contributed by atoms with Crippen LogP contribution in [-0.2, 0) is 0 Å². The minimum atomic E-state index is 0.151. The lowest BCUT2D eigenvalue weighted by atomic mass is 10.1. The Hall–Kier alpha value is -1.06. The summed E-state index contributed by atoms with van der Waals surface area (Å²) in [5, 5.41) is 18.8. The Morgan fingerprint density at radius 3 is 2.19 bits per heavy atom. The zero-order valence-corrected chi connectivity index (χ0v) is 9.63. The van der Waals surface area contributed by atoms with Crippen molar-refractivity contribution in [2.45, 2.75) is 31.8 Å². The van der Waals surface area contributed by atoms with Crippen LogP contribution in [0.25, 0.3) is 0 Å². The molecule has 0 amide bonds. The largest absolute Gasteiger partial charge is 0.394 e. The lowest BCUT2D eigenvalue weighted by Crippen LogP contribution is -2.40. The lowest BCUT2D eigenvalue weighted by molar-refractivity contribution is 0.248. The van der Waals surface area contributed by atoms with Gasteiger partial charge in [0.1, 0.15) is 0 Å². The van der Waals surface area contributed by atoms with Crippen molar-refractivity contribution in [2.75, 3.05) is 18.1 Å². The Kier molecular flexibility index (Phi) is 3.46. The van der Waals surface area contributed by atoms with Gasteiger partial charge in [-0.05, 0) is 31.4 Å². The second-order valence-electron chi connectivity index (χ2n) is 4.44. The summed E-state index contributed by atoms with van der Waals surface area (Å²) in [7, 11) is 0. The molecule has 1 aromatic carbocycles. The summed E-state index contributed by atoms with van der Waals surface area (Å²) in [6.07, 6.45) is 1.91. The van der Waals surface area contributed by atoms with E-state index in [0.29, 0.717) is 0 Å². The highest BCUT2D eigenvalue weighted by molar-refractivity contribution is 5.55. The molecule has 1 aliphatic heterocycles. The number of benzene rings is 1. The third-order valence-corrected chi connectivity index (χ3v) is 3.44. The van der Waals surface area contributed by atoms with Crippen LogP contribution >= 0.6 is 0 Å². The predicted molar refractivity (Wildman–Crippen MR) is 64.6 cm³/mol. The van der Waals surface area contributed by atoms with Crippen LogP contribution in [0.1, 0.15) is 18.4 Å². The van der Waals surface area contributed by atoms with Gasteiger partial charge in [-0.3, -0.25) is 0 Å². The molecule has 0 saturated carbocycles. The van der Waals surface area contributed by atoms with Crippen LogP contribution in [-0.4, -0.2) is 35.5 Å². The highest BCUT2D eigenvalue weighted by atomic mass is 16.3. The van der Waals surface area contributed by atoms with E-state index in [9.17, 15) is 10.2 Å². The van der Waals surface area contributed by atoms with E-state index in [2.05, 4.69) is 24.0 Å². The van der Waals surface area contributed by atoms with E-state index >= 15 is 0 Å². The molecule has 0 spiro atoms. The van der Waals surface area contributed by atoms with Gasteiger partial charge in [0.2, 0.25) is 0 Å². The monoisotopic (exact) mass is 221 g/mol. The van der Waals surface area contributed by atoms with Crippen LogP contribution in [0, 0.1) is 6.92 Å². The van der Waals surface area contributed by atoms with E-state index in [0.717, 1.165) is 18.5 Å². The molecule has 2 N–H and O–H groups in total. The maximum absolute atomic E-state index is 9.38. The lowest BCUT2D eigenvalue weighted by Gasteiger charge is -2.32. The molecular formula is C13H19NO2. The Morgan fingerprint density at radius 2 is 1.69 bits per heavy atom. The number of nitrogens with zero attached hydrogens (tertiary/aromatic N) is 1. The number of rotatable bonds is 3. The van der Waals surface area contributed by atoms with E-state index in [-0.39, 0.29) is 25.3 Å². The van der Waals surface area contributed by atoms with Crippen molar-refractivity contribution in [3.63, 3.8) is 0 Å². The first kappa shape index (κ1) is 11.4. The van der Waals surface area contributed by atoms with Crippen LogP contribution in [0.5, 0.6) is 0 Å². The third kappa shape index (κ3) is 1.93. The summed E-state index contributed by atoms with van der Waals surface area (Å²) >= 11 is 0. The first-order valence-electron chi connectivity index (χ1n) is 5.83. The summed E-state index contributed by atoms with van der Waals surface area (Å²) in [5.74, 6) is 0. The molecule has 1 aromatic rings. The summed E-state index contributed by atoms with van der Waals surface area (Å²) in [5.41, 5.74) is 2.33. The third-order valence-electron chi connectivity index (χ3n) is 3.44. The van der Waals surface area contributed by atoms with Crippen LogP contribution < -0.4 is 4.90 Å². The molecule has 2 rings (SSSR count). The fraction of sp³-hybridized carbons (Fsp3) is 0.538. The molecule has 2 atom stereocenters.